The molecule has 0 spiro atoms. The van der Waals surface area contributed by atoms with Crippen molar-refractivity contribution < 1.29 is 23.1 Å². The number of hydrogen-bond acceptors (Lipinski definition) is 5. The van der Waals surface area contributed by atoms with Crippen LogP contribution in [0.15, 0.2) is 60.7 Å². The van der Waals surface area contributed by atoms with Gasteiger partial charge in [-0.05, 0) is 73.1 Å². The van der Waals surface area contributed by atoms with Gasteiger partial charge < -0.3 is 18.3 Å². The summed E-state index contributed by atoms with van der Waals surface area (Å²) in [6.45, 7) is 25.0. The summed E-state index contributed by atoms with van der Waals surface area (Å²) in [5.74, 6) is 0.317. The maximum atomic E-state index is 13.0. The average Bonchev–Trinajstić information content (AvgIpc) is 2.92. The first-order valence-corrected chi connectivity index (χ1v) is 22.4. The molecule has 0 aromatic heterocycles. The molecule has 2 aromatic rings. The smallest absolute Gasteiger partial charge is 0.192 e. The van der Waals surface area contributed by atoms with Gasteiger partial charge in [-0.15, -0.1) is 0 Å². The van der Waals surface area contributed by atoms with E-state index in [-0.39, 0.29) is 22.3 Å². The van der Waals surface area contributed by atoms with Crippen molar-refractivity contribution in [3.63, 3.8) is 0 Å². The Balaban J connectivity index is 1.86. The molecule has 2 aromatic carbocycles. The zero-order valence-electron chi connectivity index (χ0n) is 29.5. The summed E-state index contributed by atoms with van der Waals surface area (Å²) < 4.78 is 25.7. The van der Waals surface area contributed by atoms with Crippen LogP contribution < -0.4 is 0 Å². The van der Waals surface area contributed by atoms with E-state index in [9.17, 15) is 4.79 Å². The van der Waals surface area contributed by atoms with Crippen molar-refractivity contribution in [2.75, 3.05) is 13.2 Å². The lowest BCUT2D eigenvalue weighted by molar-refractivity contribution is -0.119. The molecule has 0 bridgehead atoms. The predicted octanol–water partition coefficient (Wildman–Crippen LogP) is 10.1. The van der Waals surface area contributed by atoms with Crippen LogP contribution in [-0.4, -0.2) is 47.8 Å². The second kappa shape index (κ2) is 17.9. The maximum Gasteiger partial charge on any atom is 0.192 e. The van der Waals surface area contributed by atoms with E-state index in [4.69, 9.17) is 18.3 Å². The van der Waals surface area contributed by atoms with Gasteiger partial charge in [0.25, 0.3) is 0 Å². The largest absolute Gasteiger partial charge is 0.412 e. The standard InChI is InChI=1S/C37H62O5Si2/c1-36(2,3)43(7,8)41-34(29-39-27-31-19-13-11-14-20-31)25-17-23-33(38)24-18-26-35(42-44(9,10)37(4,5)6)30-40-28-32-21-15-12-16-22-32/h11-16,19-22,34-35H,17-18,23-30H2,1-10H3/t34-,35-/m1/s1. The zero-order valence-corrected chi connectivity index (χ0v) is 31.5. The van der Waals surface area contributed by atoms with Crippen LogP contribution in [0, 0.1) is 0 Å². The minimum atomic E-state index is -1.96. The van der Waals surface area contributed by atoms with E-state index in [0.717, 1.165) is 36.8 Å². The normalized spacial score (nSPS) is 14.4. The predicted molar refractivity (Wildman–Crippen MR) is 189 cm³/mol. The second-order valence-corrected chi connectivity index (χ2v) is 24.8. The minimum Gasteiger partial charge on any atom is -0.412 e. The summed E-state index contributed by atoms with van der Waals surface area (Å²) in [6.07, 6.45) is 4.44. The third-order valence-electron chi connectivity index (χ3n) is 9.33. The van der Waals surface area contributed by atoms with Crippen molar-refractivity contribution >= 4 is 22.4 Å². The van der Waals surface area contributed by atoms with Crippen LogP contribution in [0.4, 0.5) is 0 Å². The molecule has 0 unspecified atom stereocenters. The van der Waals surface area contributed by atoms with Crippen LogP contribution in [-0.2, 0) is 36.3 Å². The first-order chi connectivity index (χ1) is 20.5. The Hall–Kier alpha value is -1.62. The minimum absolute atomic E-state index is 0.00321. The average molecular weight is 643 g/mol. The van der Waals surface area contributed by atoms with E-state index in [1.54, 1.807) is 0 Å². The quantitative estimate of drug-likeness (QED) is 0.135. The Labute approximate surface area is 271 Å². The van der Waals surface area contributed by atoms with Gasteiger partial charge in [-0.3, -0.25) is 4.79 Å². The summed E-state index contributed by atoms with van der Waals surface area (Å²) in [6, 6.07) is 20.5. The molecular weight excluding hydrogens is 581 g/mol. The number of carbonyl (C=O) groups is 1. The molecule has 0 aliphatic heterocycles. The highest BCUT2D eigenvalue weighted by Gasteiger charge is 2.40. The molecule has 0 aliphatic carbocycles. The first kappa shape index (κ1) is 38.6. The zero-order chi connectivity index (χ0) is 32.9. The van der Waals surface area contributed by atoms with E-state index in [1.165, 1.54) is 0 Å². The molecule has 0 aliphatic rings. The number of rotatable bonds is 20. The summed E-state index contributed by atoms with van der Waals surface area (Å²) in [5, 5.41) is 0.239. The third kappa shape index (κ3) is 14.2. The molecular formula is C37H62O5Si2. The number of carbonyl (C=O) groups excluding carboxylic acids is 1. The summed E-state index contributed by atoms with van der Waals surface area (Å²) in [4.78, 5) is 13.0. The van der Waals surface area contributed by atoms with Gasteiger partial charge in [-0.2, -0.15) is 0 Å². The molecule has 2 rings (SSSR count). The Bertz CT molecular complexity index is 989. The molecule has 0 saturated heterocycles. The van der Waals surface area contributed by atoms with Gasteiger partial charge in [0.15, 0.2) is 16.6 Å². The van der Waals surface area contributed by atoms with Crippen LogP contribution >= 0.6 is 0 Å². The van der Waals surface area contributed by atoms with Gasteiger partial charge in [0.05, 0.1) is 38.6 Å². The van der Waals surface area contributed by atoms with Crippen molar-refractivity contribution in [3.8, 4) is 0 Å². The van der Waals surface area contributed by atoms with E-state index in [0.29, 0.717) is 45.1 Å². The number of hydrogen-bond donors (Lipinski definition) is 0. The fourth-order valence-electron chi connectivity index (χ4n) is 4.48. The highest BCUT2D eigenvalue weighted by molar-refractivity contribution is 6.74. The summed E-state index contributed by atoms with van der Waals surface area (Å²) in [7, 11) is -3.92. The summed E-state index contributed by atoms with van der Waals surface area (Å²) in [5.41, 5.74) is 2.32. The van der Waals surface area contributed by atoms with E-state index >= 15 is 0 Å². The number of benzene rings is 2. The lowest BCUT2D eigenvalue weighted by Crippen LogP contribution is -2.45. The molecule has 0 radical (unpaired) electrons. The Morgan fingerprint density at radius 2 is 0.955 bits per heavy atom. The van der Waals surface area contributed by atoms with E-state index in [1.807, 2.05) is 36.4 Å². The lowest BCUT2D eigenvalue weighted by atomic mass is 10.0. The van der Waals surface area contributed by atoms with Gasteiger partial charge in [-0.25, -0.2) is 0 Å². The Morgan fingerprint density at radius 3 is 1.27 bits per heavy atom. The number of Topliss-reactive ketones (excluding diaryl/α,β-unsaturated/α-hetero) is 1. The van der Waals surface area contributed by atoms with Crippen molar-refractivity contribution in [2.45, 2.75) is 142 Å². The van der Waals surface area contributed by atoms with Crippen LogP contribution in [0.25, 0.3) is 0 Å². The SMILES string of the molecule is CC(C)(C)[Si](C)(C)O[C@H](CCCC(=O)CCC[C@H](COCc1ccccc1)O[Si](C)(C)C(C)(C)C)COCc1ccccc1. The molecule has 248 valence electrons. The molecule has 0 N–H and O–H groups in total. The monoisotopic (exact) mass is 642 g/mol. The fraction of sp³-hybridized carbons (Fsp3) is 0.649. The Kier molecular flexibility index (Phi) is 15.7. The number of ether oxygens (including phenoxy) is 2. The maximum absolute atomic E-state index is 13.0. The van der Waals surface area contributed by atoms with Crippen LogP contribution in [0.2, 0.25) is 36.3 Å². The molecule has 44 heavy (non-hydrogen) atoms. The van der Waals surface area contributed by atoms with Crippen LogP contribution in [0.5, 0.6) is 0 Å². The van der Waals surface area contributed by atoms with Gasteiger partial charge in [0, 0.05) is 12.8 Å². The molecule has 5 nitrogen and oxygen atoms in total. The van der Waals surface area contributed by atoms with Crippen molar-refractivity contribution in [1.82, 2.24) is 0 Å². The molecule has 0 fully saturated rings. The lowest BCUT2D eigenvalue weighted by Gasteiger charge is -2.39. The highest BCUT2D eigenvalue weighted by atomic mass is 28.4. The Morgan fingerprint density at radius 1 is 0.614 bits per heavy atom. The summed E-state index contributed by atoms with van der Waals surface area (Å²) >= 11 is 0. The van der Waals surface area contributed by atoms with Gasteiger partial charge in [0.1, 0.15) is 5.78 Å². The molecule has 7 heteroatoms. The van der Waals surface area contributed by atoms with Crippen molar-refractivity contribution in [2.24, 2.45) is 0 Å². The van der Waals surface area contributed by atoms with Crippen molar-refractivity contribution in [1.29, 1.82) is 0 Å². The van der Waals surface area contributed by atoms with Gasteiger partial charge in [-0.1, -0.05) is 102 Å². The van der Waals surface area contributed by atoms with Gasteiger partial charge >= 0.3 is 0 Å². The van der Waals surface area contributed by atoms with Crippen molar-refractivity contribution in [3.05, 3.63) is 71.8 Å². The highest BCUT2D eigenvalue weighted by Crippen LogP contribution is 2.39. The fourth-order valence-corrected chi connectivity index (χ4v) is 7.23. The number of ketones is 1. The van der Waals surface area contributed by atoms with Gasteiger partial charge in [0.2, 0.25) is 0 Å². The molecule has 0 saturated carbocycles. The van der Waals surface area contributed by atoms with Crippen LogP contribution in [0.3, 0.4) is 0 Å². The third-order valence-corrected chi connectivity index (χ3v) is 18.4. The van der Waals surface area contributed by atoms with Crippen LogP contribution in [0.1, 0.15) is 91.2 Å². The molecule has 2 atom stereocenters. The second-order valence-electron chi connectivity index (χ2n) is 15.3. The van der Waals surface area contributed by atoms with E-state index in [2.05, 4.69) is 92.0 Å². The van der Waals surface area contributed by atoms with E-state index < -0.39 is 16.6 Å². The molecule has 0 heterocycles. The topological polar surface area (TPSA) is 54.0 Å². The first-order valence-electron chi connectivity index (χ1n) is 16.6. The molecule has 0 amide bonds.